The molecule has 0 bridgehead atoms. The first kappa shape index (κ1) is 14.0. The third-order valence-electron chi connectivity index (χ3n) is 3.36. The molecule has 0 aliphatic heterocycles. The average molecular weight is 283 g/mol. The van der Waals surface area contributed by atoms with Crippen LogP contribution in [-0.4, -0.2) is 14.9 Å². The number of nitrogens with zero attached hydrogens (tertiary/aromatic N) is 2. The monoisotopic (exact) mass is 282 g/mol. The van der Waals surface area contributed by atoms with Crippen LogP contribution in [0.3, 0.4) is 0 Å². The van der Waals surface area contributed by atoms with E-state index in [1.165, 1.54) is 6.07 Å². The molecule has 1 unspecified atom stereocenters. The van der Waals surface area contributed by atoms with Crippen LogP contribution in [0.25, 0.3) is 0 Å². The maximum Gasteiger partial charge on any atom is 0.127 e. The summed E-state index contributed by atoms with van der Waals surface area (Å²) in [6, 6.07) is 4.51. The molecule has 1 heterocycles. The molecule has 0 aliphatic carbocycles. The molecule has 1 aromatic heterocycles. The van der Waals surface area contributed by atoms with Crippen molar-refractivity contribution in [2.75, 3.05) is 0 Å². The summed E-state index contributed by atoms with van der Waals surface area (Å²) in [7, 11) is 1.81. The zero-order valence-electron chi connectivity index (χ0n) is 11.1. The predicted molar refractivity (Wildman–Crippen MR) is 72.8 cm³/mol. The van der Waals surface area contributed by atoms with Crippen LogP contribution >= 0.6 is 11.6 Å². The third-order valence-corrected chi connectivity index (χ3v) is 3.71. The second-order valence-electron chi connectivity index (χ2n) is 4.63. The molecule has 0 amide bonds. The van der Waals surface area contributed by atoms with Crippen LogP contribution in [0.2, 0.25) is 5.02 Å². The lowest BCUT2D eigenvalue weighted by Gasteiger charge is -2.13. The quantitative estimate of drug-likeness (QED) is 0.939. The molecule has 0 saturated heterocycles. The van der Waals surface area contributed by atoms with E-state index in [0.717, 1.165) is 17.0 Å². The van der Waals surface area contributed by atoms with Gasteiger partial charge in [0.05, 0.1) is 11.8 Å². The molecule has 1 N–H and O–H groups in total. The fraction of sp³-hybridized carbons (Fsp3) is 0.357. The Bertz CT molecular complexity index is 589. The minimum atomic E-state index is -0.817. The van der Waals surface area contributed by atoms with Gasteiger partial charge in [-0.05, 0) is 26.0 Å². The molecule has 0 saturated carbocycles. The first-order valence-corrected chi connectivity index (χ1v) is 6.40. The second-order valence-corrected chi connectivity index (χ2v) is 5.04. The summed E-state index contributed by atoms with van der Waals surface area (Å²) in [5.41, 5.74) is 2.69. The van der Waals surface area contributed by atoms with Crippen molar-refractivity contribution in [2.24, 2.45) is 7.05 Å². The van der Waals surface area contributed by atoms with Crippen LogP contribution in [0.4, 0.5) is 4.39 Å². The van der Waals surface area contributed by atoms with Crippen molar-refractivity contribution >= 4 is 11.6 Å². The zero-order valence-corrected chi connectivity index (χ0v) is 11.9. The molecule has 0 spiro atoms. The van der Waals surface area contributed by atoms with Gasteiger partial charge in [0.25, 0.3) is 0 Å². The summed E-state index contributed by atoms with van der Waals surface area (Å²) >= 11 is 5.97. The highest BCUT2D eigenvalue weighted by Crippen LogP contribution is 2.28. The summed E-state index contributed by atoms with van der Waals surface area (Å²) < 4.78 is 15.4. The Morgan fingerprint density at radius 1 is 1.42 bits per heavy atom. The molecule has 0 fully saturated rings. The molecule has 19 heavy (non-hydrogen) atoms. The van der Waals surface area contributed by atoms with Crippen LogP contribution < -0.4 is 0 Å². The summed E-state index contributed by atoms with van der Waals surface area (Å²) in [4.78, 5) is 0. The van der Waals surface area contributed by atoms with Gasteiger partial charge in [-0.2, -0.15) is 5.10 Å². The van der Waals surface area contributed by atoms with Gasteiger partial charge in [0, 0.05) is 35.3 Å². The van der Waals surface area contributed by atoms with Crippen molar-refractivity contribution in [3.63, 3.8) is 0 Å². The Morgan fingerprint density at radius 2 is 2.11 bits per heavy atom. The van der Waals surface area contributed by atoms with Gasteiger partial charge in [0.1, 0.15) is 5.82 Å². The summed E-state index contributed by atoms with van der Waals surface area (Å²) in [5, 5.41) is 14.9. The molecular formula is C14H16ClFN2O. The van der Waals surface area contributed by atoms with Crippen molar-refractivity contribution < 1.29 is 9.50 Å². The van der Waals surface area contributed by atoms with E-state index >= 15 is 0 Å². The van der Waals surface area contributed by atoms with Gasteiger partial charge in [-0.1, -0.05) is 17.7 Å². The fourth-order valence-corrected chi connectivity index (χ4v) is 2.54. The number of aryl methyl sites for hydroxylation is 2. The van der Waals surface area contributed by atoms with Gasteiger partial charge in [0.15, 0.2) is 0 Å². The Hall–Kier alpha value is -1.39. The van der Waals surface area contributed by atoms with Gasteiger partial charge in [-0.25, -0.2) is 4.39 Å². The molecule has 2 rings (SSSR count). The highest BCUT2D eigenvalue weighted by Gasteiger charge is 2.20. The van der Waals surface area contributed by atoms with Crippen molar-refractivity contribution in [2.45, 2.75) is 26.4 Å². The summed E-state index contributed by atoms with van der Waals surface area (Å²) in [5.74, 6) is -0.397. The Kier molecular flexibility index (Phi) is 3.92. The molecule has 0 aliphatic rings. The van der Waals surface area contributed by atoms with Crippen LogP contribution in [0.15, 0.2) is 18.2 Å². The highest BCUT2D eigenvalue weighted by molar-refractivity contribution is 6.31. The van der Waals surface area contributed by atoms with E-state index in [-0.39, 0.29) is 6.42 Å². The van der Waals surface area contributed by atoms with E-state index in [1.807, 2.05) is 20.9 Å². The minimum absolute atomic E-state index is 0.138. The fourth-order valence-electron chi connectivity index (χ4n) is 2.29. The number of aliphatic hydroxyl groups excluding tert-OH is 1. The predicted octanol–water partition coefficient (Wildman–Crippen LogP) is 3.11. The van der Waals surface area contributed by atoms with Crippen molar-refractivity contribution in [3.8, 4) is 0 Å². The van der Waals surface area contributed by atoms with E-state index in [0.29, 0.717) is 10.6 Å². The number of hydrogen-bond donors (Lipinski definition) is 1. The first-order chi connectivity index (χ1) is 8.91. The normalized spacial score (nSPS) is 12.7. The molecule has 2 aromatic rings. The third kappa shape index (κ3) is 2.65. The molecule has 0 radical (unpaired) electrons. The standard InChI is InChI=1S/C14H16ClFN2O/c1-8-14(9(2)18(3)17-8)13(19)7-10-11(15)5-4-6-12(10)16/h4-6,13,19H,7H2,1-3H3. The van der Waals surface area contributed by atoms with Crippen molar-refractivity contribution in [1.29, 1.82) is 0 Å². The van der Waals surface area contributed by atoms with Crippen molar-refractivity contribution in [1.82, 2.24) is 9.78 Å². The SMILES string of the molecule is Cc1nn(C)c(C)c1C(O)Cc1c(F)cccc1Cl. The maximum atomic E-state index is 13.7. The minimum Gasteiger partial charge on any atom is -0.388 e. The number of aromatic nitrogens is 2. The lowest BCUT2D eigenvalue weighted by molar-refractivity contribution is 0.175. The number of hydrogen-bond acceptors (Lipinski definition) is 2. The molecule has 5 heteroatoms. The first-order valence-electron chi connectivity index (χ1n) is 6.03. The number of rotatable bonds is 3. The van der Waals surface area contributed by atoms with E-state index in [2.05, 4.69) is 5.10 Å². The number of benzene rings is 1. The van der Waals surface area contributed by atoms with Gasteiger partial charge >= 0.3 is 0 Å². The lowest BCUT2D eigenvalue weighted by atomic mass is 9.99. The van der Waals surface area contributed by atoms with E-state index < -0.39 is 11.9 Å². The van der Waals surface area contributed by atoms with E-state index in [4.69, 9.17) is 11.6 Å². The molecule has 3 nitrogen and oxygen atoms in total. The Morgan fingerprint density at radius 3 is 2.63 bits per heavy atom. The molecule has 1 atom stereocenters. The van der Waals surface area contributed by atoms with Gasteiger partial charge in [-0.15, -0.1) is 0 Å². The topological polar surface area (TPSA) is 38.0 Å². The van der Waals surface area contributed by atoms with Gasteiger partial charge < -0.3 is 5.11 Å². The molecular weight excluding hydrogens is 267 g/mol. The molecule has 1 aromatic carbocycles. The maximum absolute atomic E-state index is 13.7. The van der Waals surface area contributed by atoms with Crippen LogP contribution in [0, 0.1) is 19.7 Å². The Balaban J connectivity index is 2.33. The summed E-state index contributed by atoms with van der Waals surface area (Å²) in [6.07, 6.45) is -0.679. The Labute approximate surface area is 116 Å². The highest BCUT2D eigenvalue weighted by atomic mass is 35.5. The average Bonchev–Trinajstić information content (AvgIpc) is 2.58. The van der Waals surface area contributed by atoms with E-state index in [9.17, 15) is 9.50 Å². The lowest BCUT2D eigenvalue weighted by Crippen LogP contribution is -2.06. The smallest absolute Gasteiger partial charge is 0.127 e. The number of halogens is 2. The van der Waals surface area contributed by atoms with Crippen LogP contribution in [0.5, 0.6) is 0 Å². The van der Waals surface area contributed by atoms with Crippen LogP contribution in [-0.2, 0) is 13.5 Å². The largest absolute Gasteiger partial charge is 0.388 e. The molecule has 102 valence electrons. The zero-order chi connectivity index (χ0) is 14.2. The van der Waals surface area contributed by atoms with Crippen LogP contribution in [0.1, 0.15) is 28.6 Å². The van der Waals surface area contributed by atoms with E-state index in [1.54, 1.807) is 16.8 Å². The number of aliphatic hydroxyl groups is 1. The van der Waals surface area contributed by atoms with Gasteiger partial charge in [0.2, 0.25) is 0 Å². The second kappa shape index (κ2) is 5.31. The van der Waals surface area contributed by atoms with Crippen molar-refractivity contribution in [3.05, 3.63) is 51.6 Å². The summed E-state index contributed by atoms with van der Waals surface area (Å²) in [6.45, 7) is 3.70. The van der Waals surface area contributed by atoms with Gasteiger partial charge in [-0.3, -0.25) is 4.68 Å².